The summed E-state index contributed by atoms with van der Waals surface area (Å²) in [6.45, 7) is 0.551. The van der Waals surface area contributed by atoms with Crippen LogP contribution in [0.3, 0.4) is 0 Å². The summed E-state index contributed by atoms with van der Waals surface area (Å²) >= 11 is 12.3. The van der Waals surface area contributed by atoms with Crippen molar-refractivity contribution in [2.45, 2.75) is 13.2 Å². The molecular formula is C31H22Cl2N2O5. The predicted octanol–water partition coefficient (Wildman–Crippen LogP) is 6.82. The van der Waals surface area contributed by atoms with E-state index in [2.05, 4.69) is 5.32 Å². The van der Waals surface area contributed by atoms with Gasteiger partial charge in [0.25, 0.3) is 11.8 Å². The normalized spacial score (nSPS) is 14.3. The summed E-state index contributed by atoms with van der Waals surface area (Å²) < 4.78 is 11.6. The van der Waals surface area contributed by atoms with Gasteiger partial charge in [0.2, 0.25) is 0 Å². The Morgan fingerprint density at radius 2 is 1.18 bits per heavy atom. The minimum Gasteiger partial charge on any atom is -0.489 e. The van der Waals surface area contributed by atoms with Crippen LogP contribution >= 0.6 is 23.2 Å². The summed E-state index contributed by atoms with van der Waals surface area (Å²) in [6.07, 6.45) is 1.43. The quantitative estimate of drug-likeness (QED) is 0.185. The smallest absolute Gasteiger partial charge is 0.335 e. The number of anilines is 1. The zero-order valence-electron chi connectivity index (χ0n) is 21.0. The van der Waals surface area contributed by atoms with E-state index in [4.69, 9.17) is 32.7 Å². The van der Waals surface area contributed by atoms with Crippen LogP contribution in [0.15, 0.2) is 103 Å². The molecule has 4 aromatic rings. The van der Waals surface area contributed by atoms with Crippen LogP contribution < -0.4 is 19.7 Å². The monoisotopic (exact) mass is 572 g/mol. The molecule has 0 saturated carbocycles. The van der Waals surface area contributed by atoms with Gasteiger partial charge in [-0.15, -0.1) is 0 Å². The van der Waals surface area contributed by atoms with Crippen molar-refractivity contribution in [2.24, 2.45) is 0 Å². The third-order valence-electron chi connectivity index (χ3n) is 6.09. The maximum Gasteiger partial charge on any atom is 0.335 e. The zero-order chi connectivity index (χ0) is 28.1. The molecule has 4 amide bonds. The van der Waals surface area contributed by atoms with E-state index in [1.807, 2.05) is 36.4 Å². The third kappa shape index (κ3) is 6.17. The van der Waals surface area contributed by atoms with E-state index in [-0.39, 0.29) is 17.9 Å². The molecule has 4 aromatic carbocycles. The standard InChI is InChI=1S/C31H22Cl2N2O5/c32-27-7-3-1-5-21(27)18-39-24-13-9-20(10-14-24)17-26-29(36)34-31(38)35(30(26)37)23-11-15-25(16-12-23)40-19-22-6-2-4-8-28(22)33/h1-17H,18-19H2,(H,34,36,38)/b26-17+. The van der Waals surface area contributed by atoms with Crippen molar-refractivity contribution in [3.63, 3.8) is 0 Å². The average Bonchev–Trinajstić information content (AvgIpc) is 2.96. The first-order chi connectivity index (χ1) is 19.4. The second-order valence-corrected chi connectivity index (χ2v) is 9.60. The van der Waals surface area contributed by atoms with Crippen molar-refractivity contribution in [1.29, 1.82) is 0 Å². The van der Waals surface area contributed by atoms with Crippen molar-refractivity contribution in [3.05, 3.63) is 129 Å². The van der Waals surface area contributed by atoms with Crippen LogP contribution in [0.2, 0.25) is 10.0 Å². The maximum atomic E-state index is 13.2. The van der Waals surface area contributed by atoms with Gasteiger partial charge in [-0.2, -0.15) is 0 Å². The second kappa shape index (κ2) is 12.1. The van der Waals surface area contributed by atoms with Gasteiger partial charge >= 0.3 is 6.03 Å². The first-order valence-electron chi connectivity index (χ1n) is 12.2. The highest BCUT2D eigenvalue weighted by Crippen LogP contribution is 2.26. The number of benzene rings is 4. The molecule has 0 bridgehead atoms. The third-order valence-corrected chi connectivity index (χ3v) is 6.83. The van der Waals surface area contributed by atoms with E-state index in [9.17, 15) is 14.4 Å². The highest BCUT2D eigenvalue weighted by molar-refractivity contribution is 6.39. The summed E-state index contributed by atoms with van der Waals surface area (Å²) in [5, 5.41) is 3.44. The topological polar surface area (TPSA) is 84.9 Å². The molecule has 1 saturated heterocycles. The Hall–Kier alpha value is -4.59. The van der Waals surface area contributed by atoms with Crippen LogP contribution in [0.25, 0.3) is 6.08 Å². The van der Waals surface area contributed by atoms with Gasteiger partial charge in [-0.05, 0) is 60.2 Å². The lowest BCUT2D eigenvalue weighted by atomic mass is 10.1. The number of rotatable bonds is 8. The second-order valence-electron chi connectivity index (χ2n) is 8.78. The summed E-state index contributed by atoms with van der Waals surface area (Å²) in [4.78, 5) is 39.3. The van der Waals surface area contributed by atoms with Crippen LogP contribution in [-0.2, 0) is 22.8 Å². The Morgan fingerprint density at radius 1 is 0.675 bits per heavy atom. The van der Waals surface area contributed by atoms with Gasteiger partial charge in [0.15, 0.2) is 0 Å². The highest BCUT2D eigenvalue weighted by atomic mass is 35.5. The first-order valence-corrected chi connectivity index (χ1v) is 13.0. The molecule has 40 heavy (non-hydrogen) atoms. The van der Waals surface area contributed by atoms with Crippen molar-refractivity contribution in [2.75, 3.05) is 4.90 Å². The maximum absolute atomic E-state index is 13.2. The Bertz CT molecular complexity index is 1600. The number of hydrogen-bond acceptors (Lipinski definition) is 5. The van der Waals surface area contributed by atoms with Crippen molar-refractivity contribution in [1.82, 2.24) is 5.32 Å². The number of nitrogens with zero attached hydrogens (tertiary/aromatic N) is 1. The molecule has 0 unspecified atom stereocenters. The number of imide groups is 2. The van der Waals surface area contributed by atoms with Gasteiger partial charge in [-0.25, -0.2) is 9.69 Å². The van der Waals surface area contributed by atoms with Crippen molar-refractivity contribution < 1.29 is 23.9 Å². The lowest BCUT2D eigenvalue weighted by Crippen LogP contribution is -2.54. The average molecular weight is 573 g/mol. The van der Waals surface area contributed by atoms with Crippen molar-refractivity contribution in [3.8, 4) is 11.5 Å². The van der Waals surface area contributed by atoms with Crippen LogP contribution in [0.1, 0.15) is 16.7 Å². The molecule has 200 valence electrons. The molecule has 0 aromatic heterocycles. The number of amides is 4. The van der Waals surface area contributed by atoms with Crippen LogP contribution in [-0.4, -0.2) is 17.8 Å². The molecule has 1 fully saturated rings. The van der Waals surface area contributed by atoms with Gasteiger partial charge in [0, 0.05) is 21.2 Å². The van der Waals surface area contributed by atoms with Crippen molar-refractivity contribution >= 4 is 52.8 Å². The molecule has 0 radical (unpaired) electrons. The van der Waals surface area contributed by atoms with E-state index < -0.39 is 17.8 Å². The van der Waals surface area contributed by atoms with E-state index in [0.29, 0.717) is 33.7 Å². The van der Waals surface area contributed by atoms with Gasteiger partial charge in [0.05, 0.1) is 5.69 Å². The molecule has 1 aliphatic heterocycles. The highest BCUT2D eigenvalue weighted by Gasteiger charge is 2.36. The first kappa shape index (κ1) is 27.0. The molecule has 9 heteroatoms. The van der Waals surface area contributed by atoms with Crippen LogP contribution in [0.5, 0.6) is 11.5 Å². The number of urea groups is 1. The molecule has 0 aliphatic carbocycles. The molecule has 0 atom stereocenters. The number of nitrogens with one attached hydrogen (secondary N) is 1. The van der Waals surface area contributed by atoms with Gasteiger partial charge in [-0.1, -0.05) is 71.7 Å². The minimum atomic E-state index is -0.833. The fourth-order valence-electron chi connectivity index (χ4n) is 3.96. The Morgan fingerprint density at radius 3 is 1.70 bits per heavy atom. The number of hydrogen-bond donors (Lipinski definition) is 1. The minimum absolute atomic E-state index is 0.177. The SMILES string of the molecule is O=C1NC(=O)N(c2ccc(OCc3ccccc3Cl)cc2)C(=O)/C1=C/c1ccc(OCc2ccccc2Cl)cc1. The Kier molecular flexibility index (Phi) is 8.15. The van der Waals surface area contributed by atoms with E-state index >= 15 is 0 Å². The number of halogens is 2. The fraction of sp³-hybridized carbons (Fsp3) is 0.0645. The molecule has 5 rings (SSSR count). The number of barbiturate groups is 1. The molecule has 7 nitrogen and oxygen atoms in total. The molecular weight excluding hydrogens is 551 g/mol. The summed E-state index contributed by atoms with van der Waals surface area (Å²) in [6, 6.07) is 27.2. The zero-order valence-corrected chi connectivity index (χ0v) is 22.5. The summed E-state index contributed by atoms with van der Waals surface area (Å²) in [7, 11) is 0. The predicted molar refractivity (Wildman–Crippen MR) is 153 cm³/mol. The lowest BCUT2D eigenvalue weighted by molar-refractivity contribution is -0.122. The summed E-state index contributed by atoms with van der Waals surface area (Å²) in [5.74, 6) is -0.394. The summed E-state index contributed by atoms with van der Waals surface area (Å²) in [5.41, 5.74) is 2.37. The van der Waals surface area contributed by atoms with E-state index in [0.717, 1.165) is 16.0 Å². The molecule has 1 N–H and O–H groups in total. The molecule has 1 aliphatic rings. The van der Waals surface area contributed by atoms with E-state index in [1.54, 1.807) is 60.7 Å². The fourth-order valence-corrected chi connectivity index (χ4v) is 4.34. The van der Waals surface area contributed by atoms with Crippen LogP contribution in [0, 0.1) is 0 Å². The lowest BCUT2D eigenvalue weighted by Gasteiger charge is -2.26. The number of carbonyl (C=O) groups excluding carboxylic acids is 3. The molecule has 0 spiro atoms. The van der Waals surface area contributed by atoms with Crippen LogP contribution in [0.4, 0.5) is 10.5 Å². The largest absolute Gasteiger partial charge is 0.489 e. The number of carbonyl (C=O) groups is 3. The Balaban J connectivity index is 1.27. The van der Waals surface area contributed by atoms with E-state index in [1.165, 1.54) is 6.08 Å². The van der Waals surface area contributed by atoms with Gasteiger partial charge in [-0.3, -0.25) is 14.9 Å². The Labute approximate surface area is 240 Å². The van der Waals surface area contributed by atoms with Gasteiger partial charge in [0.1, 0.15) is 30.3 Å². The molecule has 1 heterocycles. The number of ether oxygens (including phenoxy) is 2. The van der Waals surface area contributed by atoms with Gasteiger partial charge < -0.3 is 9.47 Å².